The summed E-state index contributed by atoms with van der Waals surface area (Å²) < 4.78 is 31.0. The van der Waals surface area contributed by atoms with Crippen molar-refractivity contribution in [1.29, 1.82) is 0 Å². The number of halogens is 2. The lowest BCUT2D eigenvalue weighted by atomic mass is 10.1. The SMILES string of the molecule is O=C(CCCC(=O)c1ccc(F)cc1)NCCCOc1ccc(F)cc1. The van der Waals surface area contributed by atoms with Crippen LogP contribution in [0.4, 0.5) is 8.78 Å². The van der Waals surface area contributed by atoms with Gasteiger partial charge in [0.15, 0.2) is 5.78 Å². The summed E-state index contributed by atoms with van der Waals surface area (Å²) in [5.74, 6) is -0.354. The van der Waals surface area contributed by atoms with E-state index in [9.17, 15) is 18.4 Å². The summed E-state index contributed by atoms with van der Waals surface area (Å²) in [4.78, 5) is 23.6. The Kier molecular flexibility index (Phi) is 7.74. The number of rotatable bonds is 10. The summed E-state index contributed by atoms with van der Waals surface area (Å²) in [6, 6.07) is 11.1. The maximum atomic E-state index is 12.8. The second-order valence-electron chi connectivity index (χ2n) is 5.79. The number of nitrogens with one attached hydrogen (secondary N) is 1. The molecule has 0 saturated heterocycles. The third kappa shape index (κ3) is 7.01. The van der Waals surface area contributed by atoms with Crippen molar-refractivity contribution in [3.63, 3.8) is 0 Å². The summed E-state index contributed by atoms with van der Waals surface area (Å²) in [6.07, 6.45) is 1.56. The van der Waals surface area contributed by atoms with E-state index in [4.69, 9.17) is 4.74 Å². The van der Waals surface area contributed by atoms with Crippen LogP contribution in [0.2, 0.25) is 0 Å². The van der Waals surface area contributed by atoms with E-state index < -0.39 is 0 Å². The number of hydrogen-bond acceptors (Lipinski definition) is 3. The zero-order valence-electron chi connectivity index (χ0n) is 14.3. The van der Waals surface area contributed by atoms with Crippen molar-refractivity contribution < 1.29 is 23.1 Å². The summed E-state index contributed by atoms with van der Waals surface area (Å²) in [5, 5.41) is 2.76. The first kappa shape index (κ1) is 19.6. The first-order chi connectivity index (χ1) is 12.5. The number of Topliss-reactive ketones (excluding diaryl/α,β-unsaturated/α-hetero) is 1. The van der Waals surface area contributed by atoms with Gasteiger partial charge in [0.1, 0.15) is 17.4 Å². The molecule has 0 radical (unpaired) electrons. The monoisotopic (exact) mass is 361 g/mol. The minimum atomic E-state index is -0.385. The highest BCUT2D eigenvalue weighted by Crippen LogP contribution is 2.11. The lowest BCUT2D eigenvalue weighted by molar-refractivity contribution is -0.121. The minimum absolute atomic E-state index is 0.106. The fourth-order valence-electron chi connectivity index (χ4n) is 2.30. The number of amides is 1. The molecule has 0 aliphatic carbocycles. The van der Waals surface area contributed by atoms with Crippen molar-refractivity contribution in [3.05, 3.63) is 65.7 Å². The molecule has 2 aromatic carbocycles. The van der Waals surface area contributed by atoms with Crippen molar-refractivity contribution in [1.82, 2.24) is 5.32 Å². The van der Waals surface area contributed by atoms with Crippen LogP contribution in [0.5, 0.6) is 5.75 Å². The van der Waals surface area contributed by atoms with Crippen molar-refractivity contribution in [2.75, 3.05) is 13.2 Å². The van der Waals surface area contributed by atoms with Crippen molar-refractivity contribution in [2.45, 2.75) is 25.7 Å². The highest BCUT2D eigenvalue weighted by molar-refractivity contribution is 5.96. The largest absolute Gasteiger partial charge is 0.494 e. The predicted octanol–water partition coefficient (Wildman–Crippen LogP) is 3.90. The predicted molar refractivity (Wildman–Crippen MR) is 94.1 cm³/mol. The average Bonchev–Trinajstić information content (AvgIpc) is 2.63. The topological polar surface area (TPSA) is 55.4 Å². The fourth-order valence-corrected chi connectivity index (χ4v) is 2.30. The van der Waals surface area contributed by atoms with Gasteiger partial charge >= 0.3 is 0 Å². The van der Waals surface area contributed by atoms with Crippen LogP contribution in [0, 0.1) is 11.6 Å². The molecule has 1 N–H and O–H groups in total. The van der Waals surface area contributed by atoms with E-state index in [-0.39, 0.29) is 36.2 Å². The van der Waals surface area contributed by atoms with E-state index in [0.29, 0.717) is 37.3 Å². The Bertz CT molecular complexity index is 715. The third-order valence-corrected chi connectivity index (χ3v) is 3.70. The molecule has 0 aliphatic heterocycles. The molecule has 6 heteroatoms. The Morgan fingerprint density at radius 1 is 0.846 bits per heavy atom. The molecule has 0 saturated carbocycles. The second kappa shape index (κ2) is 10.3. The van der Waals surface area contributed by atoms with Gasteiger partial charge in [0.2, 0.25) is 5.91 Å². The second-order valence-corrected chi connectivity index (χ2v) is 5.79. The minimum Gasteiger partial charge on any atom is -0.494 e. The maximum Gasteiger partial charge on any atom is 0.220 e. The van der Waals surface area contributed by atoms with E-state index in [1.165, 1.54) is 36.4 Å². The Balaban J connectivity index is 1.54. The Labute approximate surface area is 151 Å². The molecule has 0 fully saturated rings. The fraction of sp³-hybridized carbons (Fsp3) is 0.300. The third-order valence-electron chi connectivity index (χ3n) is 3.70. The van der Waals surface area contributed by atoms with Gasteiger partial charge in [-0.15, -0.1) is 0 Å². The average molecular weight is 361 g/mol. The van der Waals surface area contributed by atoms with E-state index in [1.807, 2.05) is 0 Å². The molecular weight excluding hydrogens is 340 g/mol. The molecule has 0 aromatic heterocycles. The summed E-state index contributed by atoms with van der Waals surface area (Å²) in [6.45, 7) is 0.876. The number of hydrogen-bond donors (Lipinski definition) is 1. The van der Waals surface area contributed by atoms with Crippen molar-refractivity contribution in [2.24, 2.45) is 0 Å². The number of carbonyl (C=O) groups is 2. The smallest absolute Gasteiger partial charge is 0.220 e. The lowest BCUT2D eigenvalue weighted by Gasteiger charge is -2.07. The van der Waals surface area contributed by atoms with Crippen LogP contribution < -0.4 is 10.1 Å². The Morgan fingerprint density at radius 3 is 2.12 bits per heavy atom. The number of ketones is 1. The van der Waals surface area contributed by atoms with Gasteiger partial charge in [0.05, 0.1) is 6.61 Å². The number of carbonyl (C=O) groups excluding carboxylic acids is 2. The molecule has 2 rings (SSSR count). The number of benzene rings is 2. The zero-order valence-corrected chi connectivity index (χ0v) is 14.3. The Hall–Kier alpha value is -2.76. The van der Waals surface area contributed by atoms with Crippen LogP contribution in [0.25, 0.3) is 0 Å². The van der Waals surface area contributed by atoms with E-state index in [2.05, 4.69) is 5.32 Å². The van der Waals surface area contributed by atoms with Crippen molar-refractivity contribution in [3.8, 4) is 5.75 Å². The highest BCUT2D eigenvalue weighted by atomic mass is 19.1. The van der Waals surface area contributed by atoms with Crippen molar-refractivity contribution >= 4 is 11.7 Å². The van der Waals surface area contributed by atoms with E-state index in [1.54, 1.807) is 12.1 Å². The molecule has 0 spiro atoms. The highest BCUT2D eigenvalue weighted by Gasteiger charge is 2.08. The molecule has 26 heavy (non-hydrogen) atoms. The van der Waals surface area contributed by atoms with Gasteiger partial charge in [-0.3, -0.25) is 9.59 Å². The normalized spacial score (nSPS) is 10.4. The van der Waals surface area contributed by atoms with Crippen LogP contribution in [0.1, 0.15) is 36.0 Å². The van der Waals surface area contributed by atoms with Crippen LogP contribution in [0.3, 0.4) is 0 Å². The van der Waals surface area contributed by atoms with Crippen LogP contribution in [-0.2, 0) is 4.79 Å². The summed E-state index contributed by atoms with van der Waals surface area (Å²) >= 11 is 0. The maximum absolute atomic E-state index is 12.8. The molecule has 1 amide bonds. The van der Waals surface area contributed by atoms with Gasteiger partial charge in [-0.25, -0.2) is 8.78 Å². The molecule has 2 aromatic rings. The van der Waals surface area contributed by atoms with Crippen LogP contribution in [0.15, 0.2) is 48.5 Å². The van der Waals surface area contributed by atoms with Crippen LogP contribution >= 0.6 is 0 Å². The molecule has 0 atom stereocenters. The standard InChI is InChI=1S/C20H21F2NO3/c21-16-7-5-15(6-8-16)19(24)3-1-4-20(25)23-13-2-14-26-18-11-9-17(22)10-12-18/h5-12H,1-4,13-14H2,(H,23,25). The zero-order chi connectivity index (χ0) is 18.8. The summed E-state index contributed by atoms with van der Waals surface area (Å²) in [5.41, 5.74) is 0.449. The summed E-state index contributed by atoms with van der Waals surface area (Å²) in [7, 11) is 0. The van der Waals surface area contributed by atoms with Gasteiger partial charge < -0.3 is 10.1 Å². The van der Waals surface area contributed by atoms with Gasteiger partial charge in [-0.2, -0.15) is 0 Å². The first-order valence-corrected chi connectivity index (χ1v) is 8.48. The van der Waals surface area contributed by atoms with Gasteiger partial charge in [-0.05, 0) is 61.4 Å². The first-order valence-electron chi connectivity index (χ1n) is 8.48. The molecular formula is C20H21F2NO3. The molecule has 0 aliphatic rings. The Morgan fingerprint density at radius 2 is 1.46 bits per heavy atom. The quantitative estimate of drug-likeness (QED) is 0.516. The van der Waals surface area contributed by atoms with Gasteiger partial charge in [0, 0.05) is 24.9 Å². The lowest BCUT2D eigenvalue weighted by Crippen LogP contribution is -2.25. The van der Waals surface area contributed by atoms with Gasteiger partial charge in [0.25, 0.3) is 0 Å². The molecule has 0 heterocycles. The van der Waals surface area contributed by atoms with E-state index in [0.717, 1.165) is 0 Å². The van der Waals surface area contributed by atoms with E-state index >= 15 is 0 Å². The number of ether oxygens (including phenoxy) is 1. The van der Waals surface area contributed by atoms with Crippen LogP contribution in [-0.4, -0.2) is 24.8 Å². The molecule has 0 unspecified atom stereocenters. The molecule has 138 valence electrons. The van der Waals surface area contributed by atoms with Gasteiger partial charge in [-0.1, -0.05) is 0 Å². The molecule has 4 nitrogen and oxygen atoms in total. The molecule has 0 bridgehead atoms.